The number of carbonyl (C=O) groups excluding carboxylic acids is 2. The minimum absolute atomic E-state index is 0.271. The molecule has 0 atom stereocenters. The molecule has 0 unspecified atom stereocenters. The highest BCUT2D eigenvalue weighted by atomic mass is 16.6. The average Bonchev–Trinajstić information content (AvgIpc) is 2.76. The number of hydrogen-bond acceptors (Lipinski definition) is 8. The summed E-state index contributed by atoms with van der Waals surface area (Å²) in [5, 5.41) is 9.12. The second-order valence-electron chi connectivity index (χ2n) is 8.48. The van der Waals surface area contributed by atoms with Crippen LogP contribution < -0.4 is 16.0 Å². The van der Waals surface area contributed by atoms with Crippen LogP contribution in [-0.4, -0.2) is 40.8 Å². The van der Waals surface area contributed by atoms with Crippen molar-refractivity contribution in [2.75, 3.05) is 23.8 Å². The average molecular weight is 458 g/mol. The fraction of sp³-hybridized carbons (Fsp3) is 0.500. The molecule has 0 saturated heterocycles. The number of nitrogens with zero attached hydrogens (tertiary/aromatic N) is 2. The zero-order chi connectivity index (χ0) is 24.3. The van der Waals surface area contributed by atoms with Crippen LogP contribution in [0.1, 0.15) is 68.9 Å². The lowest BCUT2D eigenvalue weighted by Gasteiger charge is -2.19. The highest BCUT2D eigenvalue weighted by Gasteiger charge is 2.17. The summed E-state index contributed by atoms with van der Waals surface area (Å²) in [7, 11) is 0. The number of nitrogens with one attached hydrogen (secondary N) is 3. The van der Waals surface area contributed by atoms with Gasteiger partial charge in [0.2, 0.25) is 5.95 Å². The molecule has 0 aliphatic heterocycles. The Morgan fingerprint density at radius 3 is 2.27 bits per heavy atom. The van der Waals surface area contributed by atoms with Crippen LogP contribution in [0.2, 0.25) is 0 Å². The minimum atomic E-state index is -0.533. The molecule has 2 rings (SSSR count). The summed E-state index contributed by atoms with van der Waals surface area (Å²) in [6, 6.07) is 7.76. The number of amides is 1. The van der Waals surface area contributed by atoms with E-state index in [1.807, 2.05) is 45.0 Å². The number of ether oxygens (including phenoxy) is 2. The number of alkyl carbamates (subject to hydrolysis) is 1. The first kappa shape index (κ1) is 25.9. The van der Waals surface area contributed by atoms with Crippen molar-refractivity contribution >= 4 is 23.8 Å². The molecule has 0 bridgehead atoms. The van der Waals surface area contributed by atoms with Gasteiger partial charge in [-0.3, -0.25) is 0 Å². The Hall–Kier alpha value is -3.36. The second kappa shape index (κ2) is 12.6. The van der Waals surface area contributed by atoms with Crippen LogP contribution in [0.4, 0.5) is 16.6 Å². The fourth-order valence-electron chi connectivity index (χ4n) is 2.79. The summed E-state index contributed by atoms with van der Waals surface area (Å²) in [5.74, 6) is 0.407. The lowest BCUT2D eigenvalue weighted by atomic mass is 10.1. The molecule has 3 N–H and O–H groups in total. The Bertz CT molecular complexity index is 910. The van der Waals surface area contributed by atoms with E-state index in [9.17, 15) is 9.59 Å². The first-order valence-electron chi connectivity index (χ1n) is 11.3. The van der Waals surface area contributed by atoms with Gasteiger partial charge < -0.3 is 25.4 Å². The molecule has 33 heavy (non-hydrogen) atoms. The first-order valence-corrected chi connectivity index (χ1v) is 11.3. The zero-order valence-corrected chi connectivity index (χ0v) is 20.2. The van der Waals surface area contributed by atoms with Crippen LogP contribution >= 0.6 is 0 Å². The third-order valence-electron chi connectivity index (χ3n) is 4.42. The van der Waals surface area contributed by atoms with E-state index in [4.69, 9.17) is 9.47 Å². The molecule has 2 aromatic rings. The molecule has 9 nitrogen and oxygen atoms in total. The number of rotatable bonds is 11. The van der Waals surface area contributed by atoms with E-state index in [0.29, 0.717) is 24.9 Å². The molecule has 0 radical (unpaired) electrons. The van der Waals surface area contributed by atoms with E-state index in [1.54, 1.807) is 6.92 Å². The maximum atomic E-state index is 12.3. The molecule has 9 heteroatoms. The monoisotopic (exact) mass is 457 g/mol. The van der Waals surface area contributed by atoms with Crippen LogP contribution in [0.5, 0.6) is 0 Å². The van der Waals surface area contributed by atoms with Gasteiger partial charge in [0.25, 0.3) is 0 Å². The van der Waals surface area contributed by atoms with Gasteiger partial charge in [0.1, 0.15) is 17.0 Å². The lowest BCUT2D eigenvalue weighted by Crippen LogP contribution is -2.32. The standard InChI is InChI=1S/C24H35N5O4/c1-6-8-13-25-22-27-16-19(21(30)32-7-2)20(29-22)26-14-17-9-11-18(12-10-17)15-28-23(31)33-24(3,4)5/h9-12,16H,6-8,13-15H2,1-5H3,(H,28,31)(H2,25,26,27,29). The topological polar surface area (TPSA) is 114 Å². The molecule has 180 valence electrons. The fourth-order valence-corrected chi connectivity index (χ4v) is 2.79. The third kappa shape index (κ3) is 9.34. The van der Waals surface area contributed by atoms with Crippen LogP contribution in [0, 0.1) is 0 Å². The highest BCUT2D eigenvalue weighted by Crippen LogP contribution is 2.17. The van der Waals surface area contributed by atoms with E-state index < -0.39 is 17.7 Å². The smallest absolute Gasteiger partial charge is 0.407 e. The summed E-state index contributed by atoms with van der Waals surface area (Å²) in [6.07, 6.45) is 3.09. The highest BCUT2D eigenvalue weighted by molar-refractivity contribution is 5.94. The third-order valence-corrected chi connectivity index (χ3v) is 4.42. The molecule has 0 aliphatic rings. The summed E-state index contributed by atoms with van der Waals surface area (Å²) >= 11 is 0. The van der Waals surface area contributed by atoms with Gasteiger partial charge >= 0.3 is 12.1 Å². The SMILES string of the molecule is CCCCNc1ncc(C(=O)OCC)c(NCc2ccc(CNC(=O)OC(C)(C)C)cc2)n1. The maximum absolute atomic E-state index is 12.3. The van der Waals surface area contributed by atoms with Crippen molar-refractivity contribution in [1.29, 1.82) is 0 Å². The largest absolute Gasteiger partial charge is 0.462 e. The number of anilines is 2. The van der Waals surface area contributed by atoms with Crippen molar-refractivity contribution in [1.82, 2.24) is 15.3 Å². The van der Waals surface area contributed by atoms with Gasteiger partial charge in [0, 0.05) is 25.8 Å². The van der Waals surface area contributed by atoms with Gasteiger partial charge in [0.15, 0.2) is 0 Å². The van der Waals surface area contributed by atoms with Gasteiger partial charge in [-0.1, -0.05) is 37.6 Å². The summed E-state index contributed by atoms with van der Waals surface area (Å²) in [5.41, 5.74) is 1.69. The molecule has 1 aromatic heterocycles. The predicted octanol–water partition coefficient (Wildman–Crippen LogP) is 4.50. The van der Waals surface area contributed by atoms with E-state index >= 15 is 0 Å². The molecule has 0 spiro atoms. The number of carbonyl (C=O) groups is 2. The van der Waals surface area contributed by atoms with Crippen LogP contribution in [0.25, 0.3) is 0 Å². The Labute approximate surface area is 195 Å². The maximum Gasteiger partial charge on any atom is 0.407 e. The minimum Gasteiger partial charge on any atom is -0.462 e. The Morgan fingerprint density at radius 2 is 1.67 bits per heavy atom. The Morgan fingerprint density at radius 1 is 1.00 bits per heavy atom. The normalized spacial score (nSPS) is 10.9. The molecular weight excluding hydrogens is 422 g/mol. The summed E-state index contributed by atoms with van der Waals surface area (Å²) < 4.78 is 10.4. The van der Waals surface area contributed by atoms with Gasteiger partial charge in [-0.15, -0.1) is 0 Å². The molecule has 0 saturated carbocycles. The van der Waals surface area contributed by atoms with E-state index in [1.165, 1.54) is 6.20 Å². The van der Waals surface area contributed by atoms with E-state index in [-0.39, 0.29) is 12.2 Å². The lowest BCUT2D eigenvalue weighted by molar-refractivity contribution is 0.0514. The number of hydrogen-bond donors (Lipinski definition) is 3. The van der Waals surface area contributed by atoms with E-state index in [2.05, 4.69) is 32.8 Å². The van der Waals surface area contributed by atoms with Crippen molar-refractivity contribution < 1.29 is 19.1 Å². The van der Waals surface area contributed by atoms with Gasteiger partial charge in [-0.05, 0) is 45.2 Å². The Balaban J connectivity index is 2.00. The van der Waals surface area contributed by atoms with Crippen molar-refractivity contribution in [3.8, 4) is 0 Å². The van der Waals surface area contributed by atoms with Crippen molar-refractivity contribution in [2.45, 2.75) is 66.2 Å². The molecule has 1 heterocycles. The molecule has 1 aromatic carbocycles. The molecule has 0 aliphatic carbocycles. The molecule has 0 fully saturated rings. The second-order valence-corrected chi connectivity index (χ2v) is 8.48. The Kier molecular flexibility index (Phi) is 9.90. The van der Waals surface area contributed by atoms with Crippen LogP contribution in [-0.2, 0) is 22.6 Å². The van der Waals surface area contributed by atoms with Gasteiger partial charge in [0.05, 0.1) is 6.61 Å². The summed E-state index contributed by atoms with van der Waals surface area (Å²) in [4.78, 5) is 32.8. The van der Waals surface area contributed by atoms with E-state index in [0.717, 1.165) is 30.5 Å². The quantitative estimate of drug-likeness (QED) is 0.334. The summed E-state index contributed by atoms with van der Waals surface area (Å²) in [6.45, 7) is 11.2. The van der Waals surface area contributed by atoms with Crippen molar-refractivity contribution in [2.24, 2.45) is 0 Å². The van der Waals surface area contributed by atoms with Crippen molar-refractivity contribution in [3.05, 3.63) is 47.2 Å². The molecule has 1 amide bonds. The van der Waals surface area contributed by atoms with Crippen molar-refractivity contribution in [3.63, 3.8) is 0 Å². The zero-order valence-electron chi connectivity index (χ0n) is 20.2. The van der Waals surface area contributed by atoms with Gasteiger partial charge in [-0.25, -0.2) is 14.6 Å². The predicted molar refractivity (Wildman–Crippen MR) is 128 cm³/mol. The van der Waals surface area contributed by atoms with Gasteiger partial charge in [-0.2, -0.15) is 4.98 Å². The first-order chi connectivity index (χ1) is 15.7. The number of benzene rings is 1. The number of aromatic nitrogens is 2. The molecular formula is C24H35N5O4. The number of unbranched alkanes of at least 4 members (excludes halogenated alkanes) is 1. The number of esters is 1. The van der Waals surface area contributed by atoms with Crippen LogP contribution in [0.3, 0.4) is 0 Å². The van der Waals surface area contributed by atoms with Crippen LogP contribution in [0.15, 0.2) is 30.5 Å².